The number of benzene rings is 2. The first-order valence-corrected chi connectivity index (χ1v) is 12.0. The maximum Gasteiger partial charge on any atom is 0.295 e. The molecule has 0 saturated carbocycles. The van der Waals surface area contributed by atoms with Crippen LogP contribution in [0.25, 0.3) is 5.76 Å². The van der Waals surface area contributed by atoms with Crippen LogP contribution in [-0.4, -0.2) is 57.6 Å². The smallest absolute Gasteiger partial charge is 0.295 e. The van der Waals surface area contributed by atoms with Gasteiger partial charge in [0.15, 0.2) is 11.5 Å². The van der Waals surface area contributed by atoms with Gasteiger partial charge in [0, 0.05) is 31.0 Å². The fourth-order valence-electron chi connectivity index (χ4n) is 4.55. The Labute approximate surface area is 214 Å². The number of aromatic nitrogens is 2. The Morgan fingerprint density at radius 1 is 1.11 bits per heavy atom. The molecule has 0 spiro atoms. The third-order valence-electron chi connectivity index (χ3n) is 6.29. The molecule has 2 aromatic carbocycles. The lowest BCUT2D eigenvalue weighted by molar-refractivity contribution is -0.139. The van der Waals surface area contributed by atoms with E-state index in [-0.39, 0.29) is 11.3 Å². The highest BCUT2D eigenvalue weighted by Gasteiger charge is 2.45. The zero-order chi connectivity index (χ0) is 25.8. The first-order chi connectivity index (χ1) is 18.1. The van der Waals surface area contributed by atoms with Crippen molar-refractivity contribution < 1.29 is 28.9 Å². The molecule has 2 aliphatic rings. The molecule has 0 aliphatic carbocycles. The summed E-state index contributed by atoms with van der Waals surface area (Å²) < 4.78 is 18.7. The lowest BCUT2D eigenvalue weighted by Crippen LogP contribution is -2.31. The Morgan fingerprint density at radius 2 is 1.89 bits per heavy atom. The van der Waals surface area contributed by atoms with Crippen molar-refractivity contribution in [1.29, 1.82) is 0 Å². The van der Waals surface area contributed by atoms with Gasteiger partial charge in [0.1, 0.15) is 31.3 Å². The monoisotopic (exact) mass is 501 g/mol. The predicted octanol–water partition coefficient (Wildman–Crippen LogP) is 3.73. The minimum atomic E-state index is -0.760. The summed E-state index contributed by atoms with van der Waals surface area (Å²) in [6.45, 7) is 5.79. The van der Waals surface area contributed by atoms with Crippen LogP contribution in [0.4, 0.5) is 0 Å². The standard InChI is InChI=1S/C28H27N3O6/c1-2-14-35-21-7-4-19(5-8-21)25-24(26(32)20-6-9-22-23(17-20)37-16-15-36-22)27(33)28(34)31(25)12-3-11-30-13-10-29-18-30/h2,4-10,13,17-18,25,32H,1,3,11-12,14-16H2/b26-24+/t25-/m1/s1. The quantitative estimate of drug-likeness (QED) is 0.206. The summed E-state index contributed by atoms with van der Waals surface area (Å²) in [4.78, 5) is 32.0. The van der Waals surface area contributed by atoms with Crippen molar-refractivity contribution in [2.24, 2.45) is 0 Å². The van der Waals surface area contributed by atoms with Crippen molar-refractivity contribution in [3.63, 3.8) is 0 Å². The van der Waals surface area contributed by atoms with Crippen molar-refractivity contribution in [3.05, 3.63) is 90.5 Å². The molecular weight excluding hydrogens is 474 g/mol. The largest absolute Gasteiger partial charge is 0.507 e. The predicted molar refractivity (Wildman–Crippen MR) is 135 cm³/mol. The van der Waals surface area contributed by atoms with Gasteiger partial charge in [-0.25, -0.2) is 4.98 Å². The number of aliphatic hydroxyl groups excluding tert-OH is 1. The minimum Gasteiger partial charge on any atom is -0.507 e. The Kier molecular flexibility index (Phi) is 6.93. The number of fused-ring (bicyclic) bond motifs is 1. The molecule has 1 fully saturated rings. The van der Waals surface area contributed by atoms with Gasteiger partial charge >= 0.3 is 0 Å². The molecule has 2 aliphatic heterocycles. The Bertz CT molecular complexity index is 1330. The van der Waals surface area contributed by atoms with E-state index in [1.54, 1.807) is 61.1 Å². The van der Waals surface area contributed by atoms with E-state index in [1.807, 2.05) is 10.8 Å². The van der Waals surface area contributed by atoms with Crippen molar-refractivity contribution in [2.45, 2.75) is 19.0 Å². The van der Waals surface area contributed by atoms with Gasteiger partial charge in [0.05, 0.1) is 17.9 Å². The van der Waals surface area contributed by atoms with E-state index in [2.05, 4.69) is 11.6 Å². The molecule has 9 heteroatoms. The van der Waals surface area contributed by atoms with E-state index in [0.717, 1.165) is 0 Å². The molecule has 5 rings (SSSR count). The van der Waals surface area contributed by atoms with E-state index >= 15 is 0 Å². The van der Waals surface area contributed by atoms with Gasteiger partial charge in [-0.05, 0) is 42.3 Å². The van der Waals surface area contributed by atoms with Crippen LogP contribution >= 0.6 is 0 Å². The average molecular weight is 502 g/mol. The Morgan fingerprint density at radius 3 is 2.62 bits per heavy atom. The molecule has 1 N–H and O–H groups in total. The fourth-order valence-corrected chi connectivity index (χ4v) is 4.55. The van der Waals surface area contributed by atoms with Crippen LogP contribution in [0.3, 0.4) is 0 Å². The van der Waals surface area contributed by atoms with Crippen LogP contribution in [0.2, 0.25) is 0 Å². The van der Waals surface area contributed by atoms with Gasteiger partial charge in [0.25, 0.3) is 11.7 Å². The molecule has 0 unspecified atom stereocenters. The van der Waals surface area contributed by atoms with E-state index in [4.69, 9.17) is 14.2 Å². The van der Waals surface area contributed by atoms with Gasteiger partial charge < -0.3 is 28.8 Å². The molecule has 1 aromatic heterocycles. The Hall–Kier alpha value is -4.53. The summed E-state index contributed by atoms with van der Waals surface area (Å²) in [6, 6.07) is 11.3. The number of nitrogens with zero attached hydrogens (tertiary/aromatic N) is 3. The van der Waals surface area contributed by atoms with Crippen LogP contribution < -0.4 is 14.2 Å². The molecule has 0 bridgehead atoms. The highest BCUT2D eigenvalue weighted by Crippen LogP contribution is 2.41. The second-order valence-electron chi connectivity index (χ2n) is 8.67. The number of rotatable bonds is 9. The summed E-state index contributed by atoms with van der Waals surface area (Å²) in [6.07, 6.45) is 7.49. The van der Waals surface area contributed by atoms with E-state index in [1.165, 1.54) is 4.90 Å². The van der Waals surface area contributed by atoms with Crippen molar-refractivity contribution in [1.82, 2.24) is 14.5 Å². The lowest BCUT2D eigenvalue weighted by Gasteiger charge is -2.26. The summed E-state index contributed by atoms with van der Waals surface area (Å²) in [5, 5.41) is 11.3. The number of Topliss-reactive ketones (excluding diaryl/α,β-unsaturated/α-hetero) is 1. The topological polar surface area (TPSA) is 103 Å². The summed E-state index contributed by atoms with van der Waals surface area (Å²) >= 11 is 0. The number of ketones is 1. The molecule has 3 aromatic rings. The van der Waals surface area contributed by atoms with Gasteiger partial charge in [-0.1, -0.05) is 24.8 Å². The lowest BCUT2D eigenvalue weighted by atomic mass is 9.95. The molecule has 0 radical (unpaired) electrons. The molecule has 37 heavy (non-hydrogen) atoms. The SMILES string of the molecule is C=CCOc1ccc([C@@H]2/C(=C(\O)c3ccc4c(c3)OCCO4)C(=O)C(=O)N2CCCn2ccnc2)cc1. The third-order valence-corrected chi connectivity index (χ3v) is 6.29. The number of likely N-dealkylation sites (tertiary alicyclic amines) is 1. The molecule has 1 atom stereocenters. The number of aryl methyl sites for hydroxylation is 1. The van der Waals surface area contributed by atoms with Crippen LogP contribution in [0, 0.1) is 0 Å². The number of aliphatic hydroxyl groups is 1. The number of hydrogen-bond acceptors (Lipinski definition) is 7. The number of carbonyl (C=O) groups excluding carboxylic acids is 2. The third kappa shape index (κ3) is 4.93. The minimum absolute atomic E-state index is 0.0315. The zero-order valence-electron chi connectivity index (χ0n) is 20.2. The Balaban J connectivity index is 1.51. The van der Waals surface area contributed by atoms with Gasteiger partial charge in [0.2, 0.25) is 0 Å². The summed E-state index contributed by atoms with van der Waals surface area (Å²) in [7, 11) is 0. The maximum absolute atomic E-state index is 13.3. The van der Waals surface area contributed by atoms with E-state index in [0.29, 0.717) is 67.7 Å². The molecule has 1 saturated heterocycles. The fraction of sp³-hybridized carbons (Fsp3) is 0.250. The van der Waals surface area contributed by atoms with Gasteiger partial charge in [-0.3, -0.25) is 9.59 Å². The number of carbonyl (C=O) groups is 2. The van der Waals surface area contributed by atoms with Crippen LogP contribution in [0.1, 0.15) is 23.6 Å². The van der Waals surface area contributed by atoms with E-state index in [9.17, 15) is 14.7 Å². The summed E-state index contributed by atoms with van der Waals surface area (Å²) in [5.74, 6) is 0.0326. The first kappa shape index (κ1) is 24.2. The number of ether oxygens (including phenoxy) is 3. The maximum atomic E-state index is 13.3. The number of imidazole rings is 1. The molecular formula is C28H27N3O6. The average Bonchev–Trinajstić information content (AvgIpc) is 3.54. The molecule has 190 valence electrons. The highest BCUT2D eigenvalue weighted by atomic mass is 16.6. The molecule has 9 nitrogen and oxygen atoms in total. The van der Waals surface area contributed by atoms with Crippen molar-refractivity contribution >= 4 is 17.4 Å². The number of amides is 1. The first-order valence-electron chi connectivity index (χ1n) is 12.0. The van der Waals surface area contributed by atoms with Crippen LogP contribution in [-0.2, 0) is 16.1 Å². The highest BCUT2D eigenvalue weighted by molar-refractivity contribution is 6.46. The van der Waals surface area contributed by atoms with Crippen LogP contribution in [0.15, 0.2) is 79.4 Å². The second kappa shape index (κ2) is 10.6. The van der Waals surface area contributed by atoms with Gasteiger partial charge in [-0.2, -0.15) is 0 Å². The summed E-state index contributed by atoms with van der Waals surface area (Å²) in [5.41, 5.74) is 1.09. The second-order valence-corrected chi connectivity index (χ2v) is 8.67. The molecule has 1 amide bonds. The van der Waals surface area contributed by atoms with Gasteiger partial charge in [-0.15, -0.1) is 0 Å². The van der Waals surface area contributed by atoms with E-state index < -0.39 is 17.7 Å². The number of hydrogen-bond donors (Lipinski definition) is 1. The van der Waals surface area contributed by atoms with Crippen molar-refractivity contribution in [2.75, 3.05) is 26.4 Å². The molecule has 3 heterocycles. The van der Waals surface area contributed by atoms with Crippen LogP contribution in [0.5, 0.6) is 17.2 Å². The van der Waals surface area contributed by atoms with Crippen molar-refractivity contribution in [3.8, 4) is 17.2 Å². The zero-order valence-corrected chi connectivity index (χ0v) is 20.2. The normalized spacial score (nSPS) is 18.2.